The summed E-state index contributed by atoms with van der Waals surface area (Å²) in [7, 11) is 0. The molecule has 2 unspecified atom stereocenters. The van der Waals surface area contributed by atoms with Gasteiger partial charge in [-0.3, -0.25) is 10.1 Å². The van der Waals surface area contributed by atoms with E-state index in [-0.39, 0.29) is 40.1 Å². The lowest BCUT2D eigenvalue weighted by molar-refractivity contribution is -0.386. The van der Waals surface area contributed by atoms with Gasteiger partial charge in [0.05, 0.1) is 4.92 Å². The molecule has 4 nitrogen and oxygen atoms in total. The van der Waals surface area contributed by atoms with E-state index in [2.05, 4.69) is 13.8 Å². The zero-order chi connectivity index (χ0) is 21.1. The number of benzene rings is 2. The normalized spacial score (nSPS) is 34.2. The summed E-state index contributed by atoms with van der Waals surface area (Å²) in [6.45, 7) is 4.83. The second kappa shape index (κ2) is 6.53. The van der Waals surface area contributed by atoms with Gasteiger partial charge in [0.15, 0.2) is 0 Å². The first-order valence-corrected chi connectivity index (χ1v) is 10.9. The van der Waals surface area contributed by atoms with E-state index < -0.39 is 4.92 Å². The zero-order valence-electron chi connectivity index (χ0n) is 17.6. The van der Waals surface area contributed by atoms with Crippen LogP contribution in [-0.2, 0) is 12.0 Å². The second-order valence-corrected chi connectivity index (χ2v) is 10.7. The predicted octanol–water partition coefficient (Wildman–Crippen LogP) is 6.56. The molecule has 0 radical (unpaired) electrons. The van der Waals surface area contributed by atoms with Crippen molar-refractivity contribution >= 4 is 5.69 Å². The molecule has 2 aromatic carbocycles. The molecule has 5 heteroatoms. The summed E-state index contributed by atoms with van der Waals surface area (Å²) in [4.78, 5) is 11.4. The van der Waals surface area contributed by atoms with Crippen LogP contribution in [0.3, 0.4) is 0 Å². The molecule has 0 N–H and O–H groups in total. The van der Waals surface area contributed by atoms with Crippen LogP contribution < -0.4 is 4.74 Å². The summed E-state index contributed by atoms with van der Waals surface area (Å²) in [5.74, 6) is 0.327. The average Bonchev–Trinajstić information content (AvgIpc) is 2.63. The number of halogens is 1. The molecular formula is C25H28FNO3. The molecule has 0 aliphatic heterocycles. The van der Waals surface area contributed by atoms with Crippen LogP contribution in [0.15, 0.2) is 42.5 Å². The molecular weight excluding hydrogens is 381 g/mol. The maximum Gasteiger partial charge on any atom is 0.311 e. The van der Waals surface area contributed by atoms with Crippen molar-refractivity contribution in [1.29, 1.82) is 0 Å². The van der Waals surface area contributed by atoms with Gasteiger partial charge in [-0.2, -0.15) is 0 Å². The average molecular weight is 410 g/mol. The maximum absolute atomic E-state index is 15.5. The molecule has 2 atom stereocenters. The topological polar surface area (TPSA) is 52.4 Å². The van der Waals surface area contributed by atoms with E-state index in [1.165, 1.54) is 25.0 Å². The summed E-state index contributed by atoms with van der Waals surface area (Å²) in [6, 6.07) is 12.1. The van der Waals surface area contributed by atoms with Gasteiger partial charge < -0.3 is 4.74 Å². The van der Waals surface area contributed by atoms with Crippen LogP contribution in [0.4, 0.5) is 10.1 Å². The zero-order valence-corrected chi connectivity index (χ0v) is 17.6. The van der Waals surface area contributed by atoms with E-state index in [4.69, 9.17) is 4.74 Å². The van der Waals surface area contributed by atoms with Crippen molar-refractivity contribution in [2.24, 2.45) is 16.7 Å². The Labute approximate surface area is 176 Å². The van der Waals surface area contributed by atoms with Gasteiger partial charge in [-0.25, -0.2) is 4.39 Å². The van der Waals surface area contributed by atoms with Crippen LogP contribution in [0.5, 0.6) is 5.75 Å². The molecule has 6 rings (SSSR count). The number of ether oxygens (including phenoxy) is 1. The Bertz CT molecular complexity index is 987. The van der Waals surface area contributed by atoms with Crippen LogP contribution in [0, 0.1) is 32.7 Å². The van der Waals surface area contributed by atoms with E-state index in [9.17, 15) is 10.1 Å². The lowest BCUT2D eigenvalue weighted by Crippen LogP contribution is -2.57. The van der Waals surface area contributed by atoms with Crippen molar-refractivity contribution in [2.45, 2.75) is 64.4 Å². The van der Waals surface area contributed by atoms with Crippen molar-refractivity contribution in [1.82, 2.24) is 0 Å². The Kier molecular flexibility index (Phi) is 4.25. The number of hydrogen-bond donors (Lipinski definition) is 0. The fraction of sp³-hybridized carbons (Fsp3) is 0.520. The van der Waals surface area contributed by atoms with Gasteiger partial charge in [0.1, 0.15) is 12.4 Å². The van der Waals surface area contributed by atoms with Crippen molar-refractivity contribution in [3.63, 3.8) is 0 Å². The molecule has 0 heterocycles. The smallest absolute Gasteiger partial charge is 0.311 e. The molecule has 4 aliphatic rings. The highest BCUT2D eigenvalue weighted by molar-refractivity contribution is 5.56. The predicted molar refractivity (Wildman–Crippen MR) is 113 cm³/mol. The molecule has 0 saturated heterocycles. The van der Waals surface area contributed by atoms with Gasteiger partial charge in [-0.1, -0.05) is 44.2 Å². The van der Waals surface area contributed by atoms with Crippen molar-refractivity contribution < 1.29 is 14.1 Å². The van der Waals surface area contributed by atoms with Gasteiger partial charge in [-0.15, -0.1) is 0 Å². The monoisotopic (exact) mass is 409 g/mol. The van der Waals surface area contributed by atoms with Crippen molar-refractivity contribution in [2.75, 3.05) is 0 Å². The molecule has 30 heavy (non-hydrogen) atoms. The highest BCUT2D eigenvalue weighted by atomic mass is 19.1. The quantitative estimate of drug-likeness (QED) is 0.415. The molecule has 0 spiro atoms. The number of nitro benzene ring substituents is 1. The molecule has 158 valence electrons. The van der Waals surface area contributed by atoms with Gasteiger partial charge in [-0.05, 0) is 66.9 Å². The Morgan fingerprint density at radius 3 is 2.30 bits per heavy atom. The molecule has 4 saturated carbocycles. The molecule has 4 bridgehead atoms. The summed E-state index contributed by atoms with van der Waals surface area (Å²) >= 11 is 0. The Morgan fingerprint density at radius 2 is 1.70 bits per heavy atom. The lowest BCUT2D eigenvalue weighted by atomic mass is 9.39. The van der Waals surface area contributed by atoms with Crippen LogP contribution in [0.2, 0.25) is 0 Å². The summed E-state index contributed by atoms with van der Waals surface area (Å²) in [5, 5.41) is 11.9. The van der Waals surface area contributed by atoms with E-state index in [1.54, 1.807) is 0 Å². The maximum atomic E-state index is 15.5. The number of rotatable bonds is 5. The third-order valence-corrected chi connectivity index (χ3v) is 7.67. The van der Waals surface area contributed by atoms with E-state index in [0.29, 0.717) is 11.5 Å². The highest BCUT2D eigenvalue weighted by Crippen LogP contribution is 2.71. The highest BCUT2D eigenvalue weighted by Gasteiger charge is 2.62. The van der Waals surface area contributed by atoms with Gasteiger partial charge in [0, 0.05) is 17.0 Å². The summed E-state index contributed by atoms with van der Waals surface area (Å²) < 4.78 is 21.5. The van der Waals surface area contributed by atoms with Crippen LogP contribution in [0.1, 0.15) is 63.5 Å². The molecule has 4 fully saturated rings. The Balaban J connectivity index is 1.63. The third-order valence-electron chi connectivity index (χ3n) is 7.67. The Hall–Kier alpha value is -2.43. The van der Waals surface area contributed by atoms with Crippen LogP contribution >= 0.6 is 0 Å². The minimum absolute atomic E-state index is 0.131. The standard InChI is InChI=1S/C25H28FNO3/c1-23-10-18-11-24(2,14-23)16-25(12-18,15-23)21-19(26)8-9-20(27(28)29)22(21)30-13-17-6-4-3-5-7-17/h3-9,18H,10-16H2,1-2H3. The first-order valence-electron chi connectivity index (χ1n) is 10.9. The van der Waals surface area contributed by atoms with E-state index in [1.807, 2.05) is 30.3 Å². The fourth-order valence-corrected chi connectivity index (χ4v) is 7.79. The first kappa shape index (κ1) is 19.5. The second-order valence-electron chi connectivity index (χ2n) is 10.7. The molecule has 4 aliphatic carbocycles. The molecule has 0 amide bonds. The van der Waals surface area contributed by atoms with E-state index in [0.717, 1.165) is 31.2 Å². The molecule has 0 aromatic heterocycles. The lowest BCUT2D eigenvalue weighted by Gasteiger charge is -2.65. The Morgan fingerprint density at radius 1 is 1.03 bits per heavy atom. The first-order chi connectivity index (χ1) is 14.2. The van der Waals surface area contributed by atoms with E-state index >= 15 is 4.39 Å². The van der Waals surface area contributed by atoms with Gasteiger partial charge in [0.25, 0.3) is 0 Å². The summed E-state index contributed by atoms with van der Waals surface area (Å²) in [6.07, 6.45) is 6.19. The number of nitro groups is 1. The third kappa shape index (κ3) is 3.10. The van der Waals surface area contributed by atoms with Crippen molar-refractivity contribution in [3.05, 3.63) is 69.5 Å². The largest absolute Gasteiger partial charge is 0.482 e. The van der Waals surface area contributed by atoms with Gasteiger partial charge >= 0.3 is 5.69 Å². The van der Waals surface area contributed by atoms with Crippen LogP contribution in [-0.4, -0.2) is 4.92 Å². The van der Waals surface area contributed by atoms with Gasteiger partial charge in [0.2, 0.25) is 5.75 Å². The summed E-state index contributed by atoms with van der Waals surface area (Å²) in [5.41, 5.74) is 1.18. The minimum atomic E-state index is -0.437. The van der Waals surface area contributed by atoms with Crippen molar-refractivity contribution in [3.8, 4) is 5.75 Å². The molecule has 2 aromatic rings. The fourth-order valence-electron chi connectivity index (χ4n) is 7.79. The number of hydrogen-bond acceptors (Lipinski definition) is 3. The SMILES string of the molecule is CC12CC3CC(C)(C1)CC(c1c(F)ccc([N+](=O)[O-])c1OCc1ccccc1)(C3)C2. The van der Waals surface area contributed by atoms with Crippen LogP contribution in [0.25, 0.3) is 0 Å². The number of nitrogens with zero attached hydrogens (tertiary/aromatic N) is 1. The minimum Gasteiger partial charge on any atom is -0.482 e.